The van der Waals surface area contributed by atoms with Gasteiger partial charge in [0.1, 0.15) is 5.44 Å². The van der Waals surface area contributed by atoms with E-state index >= 15 is 0 Å². The molecule has 0 saturated carbocycles. The molecule has 1 unspecified atom stereocenters. The van der Waals surface area contributed by atoms with Gasteiger partial charge in [-0.05, 0) is 44.8 Å². The number of aliphatic hydroxyl groups is 1. The van der Waals surface area contributed by atoms with E-state index < -0.39 is 0 Å². The highest BCUT2D eigenvalue weighted by Gasteiger charge is 2.06. The summed E-state index contributed by atoms with van der Waals surface area (Å²) in [6.07, 6.45) is 0.766. The minimum Gasteiger partial charge on any atom is -0.399 e. The molecule has 0 aliphatic carbocycles. The highest BCUT2D eigenvalue weighted by atomic mass is 32.2. The van der Waals surface area contributed by atoms with Crippen molar-refractivity contribution >= 4 is 17.4 Å². The van der Waals surface area contributed by atoms with Gasteiger partial charge in [0, 0.05) is 17.1 Å². The zero-order valence-corrected chi connectivity index (χ0v) is 10.00. The van der Waals surface area contributed by atoms with Crippen LogP contribution in [0.4, 0.5) is 5.69 Å². The predicted molar refractivity (Wildman–Crippen MR) is 65.9 cm³/mol. The van der Waals surface area contributed by atoms with Crippen LogP contribution in [0.15, 0.2) is 29.2 Å². The van der Waals surface area contributed by atoms with Gasteiger partial charge in [-0.2, -0.15) is 0 Å². The lowest BCUT2D eigenvalue weighted by molar-refractivity contribution is 0.232. The number of nitrogens with two attached hydrogens (primary N) is 1. The van der Waals surface area contributed by atoms with Crippen LogP contribution in [0.5, 0.6) is 0 Å². The maximum Gasteiger partial charge on any atom is 0.105 e. The molecule has 4 heteroatoms. The lowest BCUT2D eigenvalue weighted by Gasteiger charge is -2.13. The summed E-state index contributed by atoms with van der Waals surface area (Å²) in [5.74, 6) is 0. The molecule has 1 aromatic carbocycles. The van der Waals surface area contributed by atoms with Crippen LogP contribution in [-0.4, -0.2) is 36.1 Å². The fourth-order valence-electron chi connectivity index (χ4n) is 1.13. The average Bonchev–Trinajstić information content (AvgIpc) is 2.19. The molecular weight excluding hydrogens is 208 g/mol. The van der Waals surface area contributed by atoms with E-state index in [0.717, 1.165) is 23.5 Å². The van der Waals surface area contributed by atoms with E-state index in [1.807, 2.05) is 38.4 Å². The number of rotatable bonds is 5. The first kappa shape index (κ1) is 12.4. The molecule has 0 fully saturated rings. The maximum atomic E-state index is 9.73. The first-order valence-electron chi connectivity index (χ1n) is 4.93. The molecule has 84 valence electrons. The van der Waals surface area contributed by atoms with Crippen molar-refractivity contribution in [3.05, 3.63) is 24.3 Å². The first-order valence-corrected chi connectivity index (χ1v) is 5.81. The Kier molecular flexibility index (Phi) is 4.94. The summed E-state index contributed by atoms with van der Waals surface area (Å²) in [6.45, 7) is 0.892. The fourth-order valence-corrected chi connectivity index (χ4v) is 1.96. The molecule has 1 aromatic rings. The largest absolute Gasteiger partial charge is 0.399 e. The third-order valence-electron chi connectivity index (χ3n) is 1.98. The molecule has 0 amide bonds. The zero-order chi connectivity index (χ0) is 11.3. The molecule has 0 spiro atoms. The Morgan fingerprint density at radius 2 is 1.93 bits per heavy atom. The van der Waals surface area contributed by atoms with E-state index in [9.17, 15) is 5.11 Å². The second-order valence-corrected chi connectivity index (χ2v) is 4.98. The molecular formula is C11H18N2OS. The number of hydrogen-bond acceptors (Lipinski definition) is 4. The maximum absolute atomic E-state index is 9.73. The van der Waals surface area contributed by atoms with Gasteiger partial charge in [0.15, 0.2) is 0 Å². The third kappa shape index (κ3) is 5.06. The van der Waals surface area contributed by atoms with Crippen LogP contribution in [0, 0.1) is 0 Å². The van der Waals surface area contributed by atoms with Crippen molar-refractivity contribution < 1.29 is 5.11 Å². The van der Waals surface area contributed by atoms with Crippen molar-refractivity contribution in [1.82, 2.24) is 4.90 Å². The Balaban J connectivity index is 2.37. The van der Waals surface area contributed by atoms with E-state index in [1.165, 1.54) is 11.8 Å². The number of benzene rings is 1. The molecule has 0 bridgehead atoms. The summed E-state index contributed by atoms with van der Waals surface area (Å²) in [5.41, 5.74) is 5.98. The molecule has 0 radical (unpaired) electrons. The summed E-state index contributed by atoms with van der Waals surface area (Å²) in [6, 6.07) is 7.56. The fraction of sp³-hybridized carbons (Fsp3) is 0.455. The summed E-state index contributed by atoms with van der Waals surface area (Å²) < 4.78 is 0. The minimum atomic E-state index is -0.351. The van der Waals surface area contributed by atoms with Gasteiger partial charge in [0.05, 0.1) is 0 Å². The van der Waals surface area contributed by atoms with Gasteiger partial charge in [-0.25, -0.2) is 0 Å². The highest BCUT2D eigenvalue weighted by Crippen LogP contribution is 2.24. The van der Waals surface area contributed by atoms with Gasteiger partial charge in [0.2, 0.25) is 0 Å². The smallest absolute Gasteiger partial charge is 0.105 e. The first-order chi connectivity index (χ1) is 7.08. The molecule has 0 aliphatic rings. The Morgan fingerprint density at radius 1 is 1.33 bits per heavy atom. The number of nitrogens with zero attached hydrogens (tertiary/aromatic N) is 1. The lowest BCUT2D eigenvalue weighted by atomic mass is 10.3. The zero-order valence-electron chi connectivity index (χ0n) is 9.18. The topological polar surface area (TPSA) is 49.5 Å². The second-order valence-electron chi connectivity index (χ2n) is 3.73. The number of anilines is 1. The van der Waals surface area contributed by atoms with Gasteiger partial charge >= 0.3 is 0 Å². The normalized spacial score (nSPS) is 13.1. The van der Waals surface area contributed by atoms with Crippen molar-refractivity contribution in [2.45, 2.75) is 16.8 Å². The summed E-state index contributed by atoms with van der Waals surface area (Å²) >= 11 is 1.47. The molecule has 0 aliphatic heterocycles. The molecule has 0 saturated heterocycles. The van der Waals surface area contributed by atoms with Crippen molar-refractivity contribution in [3.8, 4) is 0 Å². The molecule has 1 atom stereocenters. The van der Waals surface area contributed by atoms with Crippen LogP contribution in [0.2, 0.25) is 0 Å². The molecule has 3 N–H and O–H groups in total. The van der Waals surface area contributed by atoms with Crippen molar-refractivity contribution in [2.75, 3.05) is 26.4 Å². The highest BCUT2D eigenvalue weighted by molar-refractivity contribution is 7.99. The van der Waals surface area contributed by atoms with Gasteiger partial charge in [-0.3, -0.25) is 0 Å². The quantitative estimate of drug-likeness (QED) is 0.455. The Morgan fingerprint density at radius 3 is 2.47 bits per heavy atom. The lowest BCUT2D eigenvalue weighted by Crippen LogP contribution is -2.17. The van der Waals surface area contributed by atoms with Crippen molar-refractivity contribution in [1.29, 1.82) is 0 Å². The van der Waals surface area contributed by atoms with Crippen molar-refractivity contribution in [3.63, 3.8) is 0 Å². The van der Waals surface area contributed by atoms with E-state index in [2.05, 4.69) is 4.90 Å². The molecule has 15 heavy (non-hydrogen) atoms. The minimum absolute atomic E-state index is 0.351. The molecule has 0 heterocycles. The standard InChI is InChI=1S/C11H18N2OS/c1-13(2)8-7-11(14)15-10-5-3-9(12)4-6-10/h3-6,11,14H,7-8,12H2,1-2H3. The molecule has 3 nitrogen and oxygen atoms in total. The van der Waals surface area contributed by atoms with E-state index in [0.29, 0.717) is 0 Å². The van der Waals surface area contributed by atoms with Crippen LogP contribution < -0.4 is 5.73 Å². The predicted octanol–water partition coefficient (Wildman–Crippen LogP) is 1.63. The Labute approximate surface area is 95.3 Å². The Hall–Kier alpha value is -0.710. The van der Waals surface area contributed by atoms with Crippen LogP contribution in [-0.2, 0) is 0 Å². The Bertz CT molecular complexity index is 287. The van der Waals surface area contributed by atoms with Crippen LogP contribution in [0.25, 0.3) is 0 Å². The van der Waals surface area contributed by atoms with Crippen LogP contribution in [0.1, 0.15) is 6.42 Å². The SMILES string of the molecule is CN(C)CCC(O)Sc1ccc(N)cc1. The number of hydrogen-bond donors (Lipinski definition) is 2. The van der Waals surface area contributed by atoms with Gasteiger partial charge in [0.25, 0.3) is 0 Å². The monoisotopic (exact) mass is 226 g/mol. The summed E-state index contributed by atoms with van der Waals surface area (Å²) in [4.78, 5) is 3.11. The van der Waals surface area contributed by atoms with E-state index in [1.54, 1.807) is 0 Å². The average molecular weight is 226 g/mol. The van der Waals surface area contributed by atoms with Gasteiger partial charge in [-0.15, -0.1) is 0 Å². The summed E-state index contributed by atoms with van der Waals surface area (Å²) in [7, 11) is 4.00. The van der Waals surface area contributed by atoms with E-state index in [4.69, 9.17) is 5.73 Å². The van der Waals surface area contributed by atoms with E-state index in [-0.39, 0.29) is 5.44 Å². The van der Waals surface area contributed by atoms with Crippen molar-refractivity contribution in [2.24, 2.45) is 0 Å². The van der Waals surface area contributed by atoms with Gasteiger partial charge in [-0.1, -0.05) is 11.8 Å². The number of nitrogen functional groups attached to an aromatic ring is 1. The second kappa shape index (κ2) is 6.00. The van der Waals surface area contributed by atoms with Gasteiger partial charge < -0.3 is 15.7 Å². The summed E-state index contributed by atoms with van der Waals surface area (Å²) in [5, 5.41) is 9.73. The third-order valence-corrected chi connectivity index (χ3v) is 3.03. The van der Waals surface area contributed by atoms with Crippen LogP contribution in [0.3, 0.4) is 0 Å². The van der Waals surface area contributed by atoms with Crippen LogP contribution >= 0.6 is 11.8 Å². The molecule has 1 rings (SSSR count). The molecule has 0 aromatic heterocycles. The number of aliphatic hydroxyl groups excluding tert-OH is 1. The number of thioether (sulfide) groups is 1.